The normalized spacial score (nSPS) is 21.0. The fourth-order valence-corrected chi connectivity index (χ4v) is 2.11. The standard InChI is InChI=1S/C6H5NO3S.ClHO4/c8-4-5(9)7(4)3-1-2-11-6(3)10;2-1(3,4)5/h3H,1-2H2;(H,2,3,4,5)/t3-;/m0./s1. The minimum Gasteiger partial charge on any atom is -0.285 e. The summed E-state index contributed by atoms with van der Waals surface area (Å²) in [5.41, 5.74) is -1.02. The molecule has 10 heteroatoms. The molecule has 1 aliphatic heterocycles. The van der Waals surface area contributed by atoms with Crippen LogP contribution in [0.1, 0.15) is 12.5 Å². The quantitative estimate of drug-likeness (QED) is 0.500. The molecular formula is C6H6ClNO7S. The van der Waals surface area contributed by atoms with Crippen LogP contribution in [0.2, 0.25) is 0 Å². The number of carbonyl (C=O) groups is 1. The first-order chi connectivity index (χ1) is 7.22. The Hall–Kier alpha value is -0.710. The Kier molecular flexibility index (Phi) is 3.88. The predicted molar refractivity (Wildman–Crippen MR) is 42.7 cm³/mol. The van der Waals surface area contributed by atoms with E-state index < -0.39 is 27.4 Å². The Morgan fingerprint density at radius 3 is 1.94 bits per heavy atom. The van der Waals surface area contributed by atoms with Crippen molar-refractivity contribution in [2.45, 2.75) is 12.5 Å². The van der Waals surface area contributed by atoms with Crippen molar-refractivity contribution in [2.24, 2.45) is 0 Å². The minimum atomic E-state index is -4.69. The minimum absolute atomic E-state index is 0.0517. The number of nitrogens with zero attached hydrogens (tertiary/aromatic N) is 1. The van der Waals surface area contributed by atoms with E-state index in [1.165, 1.54) is 11.8 Å². The van der Waals surface area contributed by atoms with E-state index in [-0.39, 0.29) is 5.12 Å². The number of halogens is 1. The second-order valence-corrected chi connectivity index (χ2v) is 4.74. The first-order valence-corrected chi connectivity index (χ1v) is 6.14. The summed E-state index contributed by atoms with van der Waals surface area (Å²) < 4.78 is 33.8. The van der Waals surface area contributed by atoms with E-state index in [1.807, 2.05) is 0 Å². The lowest BCUT2D eigenvalue weighted by molar-refractivity contribution is -1.92. The lowest BCUT2D eigenvalue weighted by Crippen LogP contribution is -2.58. The van der Waals surface area contributed by atoms with Crippen molar-refractivity contribution in [3.05, 3.63) is 20.7 Å². The molecule has 8 nitrogen and oxygen atoms in total. The molecule has 0 bridgehead atoms. The first-order valence-electron chi connectivity index (χ1n) is 3.89. The smallest absolute Gasteiger partial charge is 0.285 e. The molecule has 1 atom stereocenters. The lowest BCUT2D eigenvalue weighted by atomic mass is 10.3. The van der Waals surface area contributed by atoms with Gasteiger partial charge in [-0.05, 0) is 6.42 Å². The summed E-state index contributed by atoms with van der Waals surface area (Å²) in [5, 5.41) is -0.0517. The van der Waals surface area contributed by atoms with E-state index in [2.05, 4.69) is 0 Å². The molecule has 0 amide bonds. The van der Waals surface area contributed by atoms with E-state index in [1.54, 1.807) is 0 Å². The number of aromatic nitrogens is 1. The maximum absolute atomic E-state index is 11.0. The van der Waals surface area contributed by atoms with Crippen LogP contribution >= 0.6 is 11.8 Å². The molecule has 2 heterocycles. The highest BCUT2D eigenvalue weighted by Gasteiger charge is 2.34. The van der Waals surface area contributed by atoms with Crippen LogP contribution in [0.15, 0.2) is 9.59 Å². The van der Waals surface area contributed by atoms with Gasteiger partial charge in [-0.15, -0.1) is 0 Å². The third kappa shape index (κ3) is 3.70. The van der Waals surface area contributed by atoms with Crippen LogP contribution in [0.4, 0.5) is 0 Å². The van der Waals surface area contributed by atoms with E-state index in [0.29, 0.717) is 6.42 Å². The second kappa shape index (κ2) is 4.65. The van der Waals surface area contributed by atoms with Gasteiger partial charge in [-0.3, -0.25) is 19.0 Å². The van der Waals surface area contributed by atoms with Gasteiger partial charge in [-0.1, -0.05) is 11.8 Å². The van der Waals surface area contributed by atoms with E-state index >= 15 is 0 Å². The zero-order valence-corrected chi connectivity index (χ0v) is 9.19. The SMILES string of the molecule is O=C1SCC[C@@H]1n1c(=O)c1=O.[O-][Cl+3]([O-])([O-])O. The zero-order chi connectivity index (χ0) is 12.5. The third-order valence-electron chi connectivity index (χ3n) is 1.79. The fraction of sp³-hybridized carbons (Fsp3) is 0.500. The van der Waals surface area contributed by atoms with Crippen molar-refractivity contribution in [3.8, 4) is 0 Å². The van der Waals surface area contributed by atoms with E-state index in [9.17, 15) is 14.4 Å². The average Bonchev–Trinajstić information content (AvgIpc) is 2.54. The molecule has 1 fully saturated rings. The first kappa shape index (κ1) is 13.4. The Bertz CT molecular complexity index is 425. The molecule has 90 valence electrons. The molecule has 1 aromatic heterocycles. The molecule has 0 saturated carbocycles. The third-order valence-corrected chi connectivity index (χ3v) is 2.79. The number of hydrogen-bond acceptors (Lipinski definition) is 8. The van der Waals surface area contributed by atoms with Crippen LogP contribution in [0.3, 0.4) is 0 Å². The van der Waals surface area contributed by atoms with Gasteiger partial charge in [0, 0.05) is 5.75 Å². The Labute approximate surface area is 94.5 Å². The van der Waals surface area contributed by atoms with Crippen LogP contribution in [0.5, 0.6) is 0 Å². The molecule has 1 aliphatic rings. The molecule has 1 saturated heterocycles. The van der Waals surface area contributed by atoms with E-state index in [0.717, 1.165) is 10.3 Å². The van der Waals surface area contributed by atoms with E-state index in [4.69, 9.17) is 18.6 Å². The molecule has 1 N–H and O–H groups in total. The highest BCUT2D eigenvalue weighted by molar-refractivity contribution is 8.14. The highest BCUT2D eigenvalue weighted by Crippen LogP contribution is 2.28. The molecule has 0 aromatic carbocycles. The largest absolute Gasteiger partial charge is 0.320 e. The molecule has 0 spiro atoms. The second-order valence-electron chi connectivity index (χ2n) is 2.85. The predicted octanol–water partition coefficient (Wildman–Crippen LogP) is -4.84. The topological polar surface area (TPSA) is 146 Å². The molecular weight excluding hydrogens is 266 g/mol. The van der Waals surface area contributed by atoms with Crippen molar-refractivity contribution < 1.29 is 33.7 Å². The van der Waals surface area contributed by atoms with Gasteiger partial charge < -0.3 is 0 Å². The van der Waals surface area contributed by atoms with Crippen molar-refractivity contribution in [1.82, 2.24) is 4.57 Å². The summed E-state index contributed by atoms with van der Waals surface area (Å²) in [6.45, 7) is 0. The van der Waals surface area contributed by atoms with Gasteiger partial charge in [0.2, 0.25) is 5.12 Å². The number of rotatable bonds is 1. The Morgan fingerprint density at radius 2 is 1.69 bits per heavy atom. The maximum atomic E-state index is 11.0. The monoisotopic (exact) mass is 271 g/mol. The lowest BCUT2D eigenvalue weighted by Gasteiger charge is -2.03. The van der Waals surface area contributed by atoms with Crippen molar-refractivity contribution in [1.29, 1.82) is 0 Å². The van der Waals surface area contributed by atoms with Gasteiger partial charge in [-0.25, -0.2) is 0 Å². The Morgan fingerprint density at radius 1 is 1.25 bits per heavy atom. The summed E-state index contributed by atoms with van der Waals surface area (Å²) in [4.78, 5) is 32.1. The van der Waals surface area contributed by atoms with Gasteiger partial charge in [0.15, 0.2) is 0 Å². The summed E-state index contributed by atoms with van der Waals surface area (Å²) in [5.74, 6) is 0.723. The highest BCUT2D eigenvalue weighted by atomic mass is 35.7. The average molecular weight is 272 g/mol. The summed E-state index contributed by atoms with van der Waals surface area (Å²) in [6.07, 6.45) is 0.626. The maximum Gasteiger partial charge on any atom is 0.320 e. The Balaban J connectivity index is 0.000000221. The summed E-state index contributed by atoms with van der Waals surface area (Å²) >= 11 is 1.19. The van der Waals surface area contributed by atoms with Gasteiger partial charge >= 0.3 is 11.1 Å². The molecule has 16 heavy (non-hydrogen) atoms. The van der Waals surface area contributed by atoms with Crippen molar-refractivity contribution in [2.75, 3.05) is 5.75 Å². The molecule has 2 rings (SSSR count). The van der Waals surface area contributed by atoms with Crippen molar-refractivity contribution in [3.63, 3.8) is 0 Å². The number of hydrogen-bond donors (Lipinski definition) is 1. The van der Waals surface area contributed by atoms with Crippen molar-refractivity contribution >= 4 is 16.9 Å². The number of carbonyl (C=O) groups excluding carboxylic acids is 1. The van der Waals surface area contributed by atoms with Gasteiger partial charge in [0.1, 0.15) is 6.04 Å². The molecule has 0 aliphatic carbocycles. The molecule has 0 radical (unpaired) electrons. The number of thioether (sulfide) groups is 1. The zero-order valence-electron chi connectivity index (χ0n) is 7.62. The van der Waals surface area contributed by atoms with Gasteiger partial charge in [-0.2, -0.15) is 14.0 Å². The fourth-order valence-electron chi connectivity index (χ4n) is 1.15. The van der Waals surface area contributed by atoms with Crippen LogP contribution in [0, 0.1) is 10.2 Å². The van der Waals surface area contributed by atoms with Crippen LogP contribution in [0.25, 0.3) is 0 Å². The molecule has 1 aromatic rings. The van der Waals surface area contributed by atoms with Crippen LogP contribution in [-0.4, -0.2) is 20.1 Å². The van der Waals surface area contributed by atoms with Crippen LogP contribution < -0.4 is 25.1 Å². The molecule has 0 unspecified atom stereocenters. The van der Waals surface area contributed by atoms with Gasteiger partial charge in [0.05, 0.1) is 14.9 Å². The van der Waals surface area contributed by atoms with Gasteiger partial charge in [0.25, 0.3) is 0 Å². The summed E-state index contributed by atoms with van der Waals surface area (Å²) in [7, 11) is -4.69. The summed E-state index contributed by atoms with van der Waals surface area (Å²) in [6, 6.07) is -0.444. The van der Waals surface area contributed by atoms with Crippen LogP contribution in [-0.2, 0) is 4.79 Å².